The number of aromatic nitrogens is 1. The van der Waals surface area contributed by atoms with Crippen molar-refractivity contribution >= 4 is 11.8 Å². The van der Waals surface area contributed by atoms with E-state index in [0.717, 1.165) is 5.56 Å². The number of hydrogen-bond acceptors (Lipinski definition) is 4. The monoisotopic (exact) mass is 287 g/mol. The van der Waals surface area contributed by atoms with Gasteiger partial charge in [-0.15, -0.1) is 0 Å². The zero-order valence-electron chi connectivity index (χ0n) is 11.8. The van der Waals surface area contributed by atoms with Crippen LogP contribution in [0.3, 0.4) is 0 Å². The number of pyridine rings is 1. The van der Waals surface area contributed by atoms with Crippen molar-refractivity contribution in [2.45, 2.75) is 19.9 Å². The summed E-state index contributed by atoms with van der Waals surface area (Å²) < 4.78 is 5.06. The summed E-state index contributed by atoms with van der Waals surface area (Å²) in [5, 5.41) is 5.47. The molecule has 0 aliphatic carbocycles. The Hall–Kier alpha value is -2.63. The minimum absolute atomic E-state index is 0.115. The van der Waals surface area contributed by atoms with Crippen molar-refractivity contribution in [3.05, 3.63) is 53.7 Å². The van der Waals surface area contributed by atoms with E-state index in [1.165, 1.54) is 6.26 Å². The molecule has 0 atom stereocenters. The highest BCUT2D eigenvalue weighted by Gasteiger charge is 2.11. The first kappa shape index (κ1) is 14.8. The van der Waals surface area contributed by atoms with Crippen LogP contribution in [0.2, 0.25) is 0 Å². The van der Waals surface area contributed by atoms with Gasteiger partial charge in [0, 0.05) is 31.9 Å². The van der Waals surface area contributed by atoms with Gasteiger partial charge < -0.3 is 15.1 Å². The molecule has 2 heterocycles. The van der Waals surface area contributed by atoms with Crippen LogP contribution in [0.4, 0.5) is 0 Å². The molecule has 0 saturated heterocycles. The van der Waals surface area contributed by atoms with Crippen LogP contribution >= 0.6 is 0 Å². The van der Waals surface area contributed by atoms with Crippen LogP contribution in [0, 0.1) is 6.92 Å². The van der Waals surface area contributed by atoms with Gasteiger partial charge in [-0.3, -0.25) is 14.6 Å². The summed E-state index contributed by atoms with van der Waals surface area (Å²) in [4.78, 5) is 27.3. The lowest BCUT2D eigenvalue weighted by atomic mass is 10.2. The van der Waals surface area contributed by atoms with E-state index in [-0.39, 0.29) is 24.8 Å². The zero-order chi connectivity index (χ0) is 15.1. The molecule has 0 spiro atoms. The number of amides is 2. The average molecular weight is 287 g/mol. The van der Waals surface area contributed by atoms with Crippen molar-refractivity contribution in [2.75, 3.05) is 6.54 Å². The van der Waals surface area contributed by atoms with Crippen LogP contribution < -0.4 is 10.6 Å². The van der Waals surface area contributed by atoms with E-state index in [4.69, 9.17) is 4.42 Å². The van der Waals surface area contributed by atoms with Gasteiger partial charge in [-0.2, -0.15) is 0 Å². The van der Waals surface area contributed by atoms with E-state index >= 15 is 0 Å². The maximum absolute atomic E-state index is 11.8. The minimum atomic E-state index is -0.233. The number of nitrogens with zero attached hydrogens (tertiary/aromatic N) is 1. The molecule has 2 rings (SSSR count). The maximum Gasteiger partial charge on any atom is 0.254 e. The predicted octanol–water partition coefficient (Wildman–Crippen LogP) is 1.42. The molecular weight excluding hydrogens is 270 g/mol. The third-order valence-electron chi connectivity index (χ3n) is 2.98. The third-order valence-corrected chi connectivity index (χ3v) is 2.98. The van der Waals surface area contributed by atoms with Crippen molar-refractivity contribution in [3.63, 3.8) is 0 Å². The maximum atomic E-state index is 11.8. The number of carbonyl (C=O) groups is 2. The van der Waals surface area contributed by atoms with Crippen LogP contribution in [0.25, 0.3) is 0 Å². The molecule has 0 aliphatic heterocycles. The molecule has 2 amide bonds. The fraction of sp³-hybridized carbons (Fsp3) is 0.267. The van der Waals surface area contributed by atoms with Crippen molar-refractivity contribution in [1.29, 1.82) is 0 Å². The molecule has 2 aromatic heterocycles. The molecular formula is C15H17N3O3. The molecule has 2 N–H and O–H groups in total. The summed E-state index contributed by atoms with van der Waals surface area (Å²) in [5.74, 6) is 0.217. The quantitative estimate of drug-likeness (QED) is 0.841. The number of hydrogen-bond donors (Lipinski definition) is 2. The van der Waals surface area contributed by atoms with Gasteiger partial charge in [0.1, 0.15) is 5.76 Å². The standard InChI is InChI=1S/C15H17N3O3/c1-11-13(5-9-21-11)15(20)17-8-4-14(19)18-10-12-2-6-16-7-3-12/h2-3,5-7,9H,4,8,10H2,1H3,(H,17,20)(H,18,19). The second-order valence-corrected chi connectivity index (χ2v) is 4.53. The van der Waals surface area contributed by atoms with E-state index < -0.39 is 0 Å². The van der Waals surface area contributed by atoms with Crippen molar-refractivity contribution < 1.29 is 14.0 Å². The fourth-order valence-electron chi connectivity index (χ4n) is 1.79. The third kappa shape index (κ3) is 4.45. The summed E-state index contributed by atoms with van der Waals surface area (Å²) in [7, 11) is 0. The summed E-state index contributed by atoms with van der Waals surface area (Å²) >= 11 is 0. The molecule has 0 fully saturated rings. The lowest BCUT2D eigenvalue weighted by molar-refractivity contribution is -0.121. The smallest absolute Gasteiger partial charge is 0.254 e. The van der Waals surface area contributed by atoms with Crippen LogP contribution in [0.15, 0.2) is 41.3 Å². The summed E-state index contributed by atoms with van der Waals surface area (Å²) in [6.07, 6.45) is 5.04. The second kappa shape index (κ2) is 7.23. The Kier molecular flexibility index (Phi) is 5.09. The Labute approximate surface area is 122 Å². The molecule has 6 heteroatoms. The predicted molar refractivity (Wildman–Crippen MR) is 76.5 cm³/mol. The first-order chi connectivity index (χ1) is 10.2. The van der Waals surface area contributed by atoms with Gasteiger partial charge in [-0.05, 0) is 30.7 Å². The van der Waals surface area contributed by atoms with Crippen LogP contribution in [-0.4, -0.2) is 23.3 Å². The van der Waals surface area contributed by atoms with Gasteiger partial charge in [0.25, 0.3) is 5.91 Å². The van der Waals surface area contributed by atoms with E-state index in [0.29, 0.717) is 17.9 Å². The lowest BCUT2D eigenvalue weighted by Crippen LogP contribution is -2.30. The highest BCUT2D eigenvalue weighted by atomic mass is 16.3. The highest BCUT2D eigenvalue weighted by molar-refractivity contribution is 5.95. The number of aryl methyl sites for hydroxylation is 1. The normalized spacial score (nSPS) is 10.1. The second-order valence-electron chi connectivity index (χ2n) is 4.53. The SMILES string of the molecule is Cc1occc1C(=O)NCCC(=O)NCc1ccncc1. The summed E-state index contributed by atoms with van der Waals surface area (Å²) in [6, 6.07) is 5.28. The number of rotatable bonds is 6. The topological polar surface area (TPSA) is 84.2 Å². The van der Waals surface area contributed by atoms with Gasteiger partial charge in [0.2, 0.25) is 5.91 Å². The zero-order valence-corrected chi connectivity index (χ0v) is 11.8. The van der Waals surface area contributed by atoms with Gasteiger partial charge in [0.05, 0.1) is 11.8 Å². The van der Waals surface area contributed by atoms with Gasteiger partial charge in [0.15, 0.2) is 0 Å². The molecule has 110 valence electrons. The Balaban J connectivity index is 1.68. The molecule has 0 bridgehead atoms. The molecule has 0 aliphatic rings. The largest absolute Gasteiger partial charge is 0.469 e. The van der Waals surface area contributed by atoms with Crippen LogP contribution in [0.1, 0.15) is 28.1 Å². The average Bonchev–Trinajstić information content (AvgIpc) is 2.92. The number of furan rings is 1. The molecule has 0 radical (unpaired) electrons. The lowest BCUT2D eigenvalue weighted by Gasteiger charge is -2.06. The first-order valence-electron chi connectivity index (χ1n) is 6.64. The molecule has 6 nitrogen and oxygen atoms in total. The Morgan fingerprint density at radius 3 is 2.62 bits per heavy atom. The van der Waals surface area contributed by atoms with Crippen LogP contribution in [0.5, 0.6) is 0 Å². The van der Waals surface area contributed by atoms with E-state index in [1.54, 1.807) is 25.4 Å². The van der Waals surface area contributed by atoms with Crippen molar-refractivity contribution in [1.82, 2.24) is 15.6 Å². The van der Waals surface area contributed by atoms with Crippen molar-refractivity contribution in [2.24, 2.45) is 0 Å². The fourth-order valence-corrected chi connectivity index (χ4v) is 1.79. The molecule has 21 heavy (non-hydrogen) atoms. The van der Waals surface area contributed by atoms with Gasteiger partial charge in [-0.25, -0.2) is 0 Å². The minimum Gasteiger partial charge on any atom is -0.469 e. The highest BCUT2D eigenvalue weighted by Crippen LogP contribution is 2.07. The van der Waals surface area contributed by atoms with E-state index in [1.807, 2.05) is 12.1 Å². The van der Waals surface area contributed by atoms with Gasteiger partial charge in [-0.1, -0.05) is 0 Å². The Bertz CT molecular complexity index is 608. The molecule has 0 unspecified atom stereocenters. The summed E-state index contributed by atoms with van der Waals surface area (Å²) in [6.45, 7) is 2.46. The molecule has 2 aromatic rings. The van der Waals surface area contributed by atoms with E-state index in [2.05, 4.69) is 15.6 Å². The Morgan fingerprint density at radius 1 is 1.19 bits per heavy atom. The summed E-state index contributed by atoms with van der Waals surface area (Å²) in [5.41, 5.74) is 1.48. The molecule has 0 saturated carbocycles. The van der Waals surface area contributed by atoms with E-state index in [9.17, 15) is 9.59 Å². The Morgan fingerprint density at radius 2 is 1.95 bits per heavy atom. The van der Waals surface area contributed by atoms with Gasteiger partial charge >= 0.3 is 0 Å². The van der Waals surface area contributed by atoms with Crippen molar-refractivity contribution in [3.8, 4) is 0 Å². The molecule has 0 aromatic carbocycles. The number of carbonyl (C=O) groups excluding carboxylic acids is 2. The number of nitrogens with one attached hydrogen (secondary N) is 2. The first-order valence-corrected chi connectivity index (χ1v) is 6.64. The van der Waals surface area contributed by atoms with Crippen LogP contribution in [-0.2, 0) is 11.3 Å².